The van der Waals surface area contributed by atoms with E-state index in [2.05, 4.69) is 32.1 Å². The van der Waals surface area contributed by atoms with Crippen LogP contribution in [0.5, 0.6) is 0 Å². The van der Waals surface area contributed by atoms with E-state index in [1.54, 1.807) is 7.05 Å². The molecule has 1 N–H and O–H groups in total. The van der Waals surface area contributed by atoms with Crippen LogP contribution >= 0.6 is 11.6 Å². The fraction of sp³-hybridized carbons (Fsp3) is 0.700. The fourth-order valence-corrected chi connectivity index (χ4v) is 2.10. The largest absolute Gasteiger partial charge is 0.357 e. The van der Waals surface area contributed by atoms with Gasteiger partial charge in [0.15, 0.2) is 0 Å². The first kappa shape index (κ1) is 11.4. The van der Waals surface area contributed by atoms with Gasteiger partial charge in [-0.2, -0.15) is 15.0 Å². The van der Waals surface area contributed by atoms with E-state index in [0.717, 1.165) is 19.0 Å². The second-order valence-corrected chi connectivity index (χ2v) is 4.33. The van der Waals surface area contributed by atoms with E-state index < -0.39 is 0 Å². The van der Waals surface area contributed by atoms with Crippen LogP contribution in [-0.2, 0) is 0 Å². The van der Waals surface area contributed by atoms with Gasteiger partial charge in [-0.3, -0.25) is 0 Å². The van der Waals surface area contributed by atoms with Crippen LogP contribution in [-0.4, -0.2) is 35.1 Å². The monoisotopic (exact) mass is 241 g/mol. The summed E-state index contributed by atoms with van der Waals surface area (Å²) in [6, 6.07) is 0. The van der Waals surface area contributed by atoms with E-state index in [0.29, 0.717) is 11.9 Å². The molecule has 0 aromatic carbocycles. The number of hydrogen-bond donors (Lipinski definition) is 1. The second kappa shape index (κ2) is 4.82. The van der Waals surface area contributed by atoms with Crippen molar-refractivity contribution in [2.24, 2.45) is 5.92 Å². The lowest BCUT2D eigenvalue weighted by Gasteiger charge is -2.16. The van der Waals surface area contributed by atoms with Gasteiger partial charge in [-0.05, 0) is 23.9 Å². The van der Waals surface area contributed by atoms with Crippen molar-refractivity contribution < 1.29 is 0 Å². The minimum Gasteiger partial charge on any atom is -0.357 e. The lowest BCUT2D eigenvalue weighted by Crippen LogP contribution is -2.22. The summed E-state index contributed by atoms with van der Waals surface area (Å²) in [7, 11) is 1.77. The third kappa shape index (κ3) is 2.35. The molecular formula is C10H16ClN5. The van der Waals surface area contributed by atoms with Crippen LogP contribution in [0.4, 0.5) is 11.9 Å². The average molecular weight is 242 g/mol. The summed E-state index contributed by atoms with van der Waals surface area (Å²) >= 11 is 5.85. The zero-order chi connectivity index (χ0) is 11.5. The molecule has 0 aliphatic carbocycles. The van der Waals surface area contributed by atoms with Crippen LogP contribution in [0.1, 0.15) is 19.8 Å². The maximum absolute atomic E-state index is 5.85. The summed E-state index contributed by atoms with van der Waals surface area (Å²) < 4.78 is 0. The summed E-state index contributed by atoms with van der Waals surface area (Å²) in [5.41, 5.74) is 0. The molecule has 1 saturated heterocycles. The summed E-state index contributed by atoms with van der Waals surface area (Å²) in [6.45, 7) is 4.23. The summed E-state index contributed by atoms with van der Waals surface area (Å²) in [6.07, 6.45) is 2.41. The third-order valence-electron chi connectivity index (χ3n) is 2.97. The number of hydrogen-bond acceptors (Lipinski definition) is 5. The number of nitrogens with zero attached hydrogens (tertiary/aromatic N) is 4. The lowest BCUT2D eigenvalue weighted by molar-refractivity contribution is 0.568. The molecular weight excluding hydrogens is 226 g/mol. The lowest BCUT2D eigenvalue weighted by atomic mass is 10.1. The second-order valence-electron chi connectivity index (χ2n) is 3.99. The Bertz CT molecular complexity index is 370. The SMILES string of the molecule is CCC1CCN(c2nc(Cl)nc(NC)n2)C1. The maximum atomic E-state index is 5.85. The van der Waals surface area contributed by atoms with Crippen LogP contribution in [0, 0.1) is 5.92 Å². The van der Waals surface area contributed by atoms with Crippen LogP contribution in [0.3, 0.4) is 0 Å². The van der Waals surface area contributed by atoms with Crippen molar-refractivity contribution >= 4 is 23.5 Å². The molecule has 1 aromatic heterocycles. The van der Waals surface area contributed by atoms with Crippen molar-refractivity contribution in [3.05, 3.63) is 5.28 Å². The van der Waals surface area contributed by atoms with Gasteiger partial charge in [-0.1, -0.05) is 13.3 Å². The zero-order valence-corrected chi connectivity index (χ0v) is 10.3. The topological polar surface area (TPSA) is 53.9 Å². The summed E-state index contributed by atoms with van der Waals surface area (Å²) in [4.78, 5) is 14.6. The minimum atomic E-state index is 0.245. The summed E-state index contributed by atoms with van der Waals surface area (Å²) in [5.74, 6) is 1.95. The highest BCUT2D eigenvalue weighted by Gasteiger charge is 2.23. The Kier molecular flexibility index (Phi) is 3.43. The highest BCUT2D eigenvalue weighted by molar-refractivity contribution is 6.28. The van der Waals surface area contributed by atoms with Gasteiger partial charge in [0.05, 0.1) is 0 Å². The molecule has 1 unspecified atom stereocenters. The first-order valence-electron chi connectivity index (χ1n) is 5.57. The summed E-state index contributed by atoms with van der Waals surface area (Å²) in [5, 5.41) is 3.13. The van der Waals surface area contributed by atoms with E-state index in [-0.39, 0.29) is 5.28 Å². The van der Waals surface area contributed by atoms with Crippen molar-refractivity contribution in [3.63, 3.8) is 0 Å². The Morgan fingerprint density at radius 1 is 1.44 bits per heavy atom. The van der Waals surface area contributed by atoms with Crippen molar-refractivity contribution in [2.45, 2.75) is 19.8 Å². The zero-order valence-electron chi connectivity index (χ0n) is 9.57. The van der Waals surface area contributed by atoms with Crippen LogP contribution in [0.25, 0.3) is 0 Å². The molecule has 88 valence electrons. The molecule has 1 fully saturated rings. The van der Waals surface area contributed by atoms with Gasteiger partial charge in [0.25, 0.3) is 0 Å². The normalized spacial score (nSPS) is 20.2. The average Bonchev–Trinajstić information content (AvgIpc) is 2.76. The predicted octanol–water partition coefficient (Wildman–Crippen LogP) is 1.80. The molecule has 1 atom stereocenters. The quantitative estimate of drug-likeness (QED) is 0.875. The number of halogens is 1. The van der Waals surface area contributed by atoms with E-state index in [1.807, 2.05) is 0 Å². The standard InChI is InChI=1S/C10H16ClN5/c1-3-7-4-5-16(6-7)10-14-8(11)13-9(12-2)15-10/h7H,3-6H2,1-2H3,(H,12,13,14,15). The van der Waals surface area contributed by atoms with Crippen LogP contribution in [0.2, 0.25) is 5.28 Å². The van der Waals surface area contributed by atoms with Crippen LogP contribution < -0.4 is 10.2 Å². The Morgan fingerprint density at radius 2 is 2.25 bits per heavy atom. The Hall–Kier alpha value is -1.10. The van der Waals surface area contributed by atoms with Crippen LogP contribution in [0.15, 0.2) is 0 Å². The molecule has 6 heteroatoms. The Morgan fingerprint density at radius 3 is 2.88 bits per heavy atom. The molecule has 0 radical (unpaired) electrons. The van der Waals surface area contributed by atoms with E-state index >= 15 is 0 Å². The Balaban J connectivity index is 2.17. The highest BCUT2D eigenvalue weighted by Crippen LogP contribution is 2.23. The van der Waals surface area contributed by atoms with Gasteiger partial charge < -0.3 is 10.2 Å². The molecule has 5 nitrogen and oxygen atoms in total. The van der Waals surface area contributed by atoms with E-state index in [9.17, 15) is 0 Å². The molecule has 0 bridgehead atoms. The molecule has 16 heavy (non-hydrogen) atoms. The first-order valence-corrected chi connectivity index (χ1v) is 5.95. The first-order chi connectivity index (χ1) is 7.72. The number of rotatable bonds is 3. The van der Waals surface area contributed by atoms with Crippen molar-refractivity contribution in [1.29, 1.82) is 0 Å². The molecule has 2 heterocycles. The van der Waals surface area contributed by atoms with E-state index in [4.69, 9.17) is 11.6 Å². The van der Waals surface area contributed by atoms with Gasteiger partial charge in [-0.15, -0.1) is 0 Å². The molecule has 1 aliphatic rings. The smallest absolute Gasteiger partial charge is 0.231 e. The molecule has 0 spiro atoms. The van der Waals surface area contributed by atoms with Gasteiger partial charge in [0.1, 0.15) is 0 Å². The van der Waals surface area contributed by atoms with Crippen molar-refractivity contribution in [3.8, 4) is 0 Å². The van der Waals surface area contributed by atoms with Gasteiger partial charge in [0, 0.05) is 20.1 Å². The minimum absolute atomic E-state index is 0.245. The van der Waals surface area contributed by atoms with Crippen molar-refractivity contribution in [1.82, 2.24) is 15.0 Å². The molecule has 0 saturated carbocycles. The Labute approximate surface area is 100 Å². The highest BCUT2D eigenvalue weighted by atomic mass is 35.5. The fourth-order valence-electron chi connectivity index (χ4n) is 1.94. The number of aromatic nitrogens is 3. The molecule has 1 aliphatic heterocycles. The van der Waals surface area contributed by atoms with Gasteiger partial charge >= 0.3 is 0 Å². The van der Waals surface area contributed by atoms with Gasteiger partial charge in [0.2, 0.25) is 17.2 Å². The molecule has 2 rings (SSSR count). The molecule has 1 aromatic rings. The van der Waals surface area contributed by atoms with Gasteiger partial charge in [-0.25, -0.2) is 0 Å². The van der Waals surface area contributed by atoms with Crippen molar-refractivity contribution in [2.75, 3.05) is 30.4 Å². The number of nitrogens with one attached hydrogen (secondary N) is 1. The van der Waals surface area contributed by atoms with E-state index in [1.165, 1.54) is 12.8 Å². The number of anilines is 2. The maximum Gasteiger partial charge on any atom is 0.231 e. The third-order valence-corrected chi connectivity index (χ3v) is 3.13. The predicted molar refractivity (Wildman–Crippen MR) is 65.0 cm³/mol. The molecule has 0 amide bonds.